The van der Waals surface area contributed by atoms with Crippen molar-refractivity contribution in [2.24, 2.45) is 11.8 Å². The van der Waals surface area contributed by atoms with E-state index in [1.165, 1.54) is 41.3 Å². The molecule has 0 unspecified atom stereocenters. The molecule has 1 aliphatic carbocycles. The molecule has 2 fully saturated rings. The molecule has 1 heterocycles. The zero-order valence-corrected chi connectivity index (χ0v) is 23.5. The molecule has 4 atom stereocenters. The first-order chi connectivity index (χ1) is 18.7. The number of hydrogen-bond acceptors (Lipinski definition) is 7. The van der Waals surface area contributed by atoms with Crippen molar-refractivity contribution in [2.75, 3.05) is 4.90 Å². The van der Waals surface area contributed by atoms with Crippen molar-refractivity contribution >= 4 is 61.0 Å². The fourth-order valence-electron chi connectivity index (χ4n) is 4.80. The third-order valence-corrected chi connectivity index (χ3v) is 9.56. The van der Waals surface area contributed by atoms with E-state index in [0.29, 0.717) is 35.6 Å². The average molecular weight is 658 g/mol. The number of esters is 1. The first-order valence-corrected chi connectivity index (χ1v) is 14.0. The fourth-order valence-corrected chi connectivity index (χ4v) is 6.04. The molecule has 0 N–H and O–H groups in total. The molecule has 200 valence electrons. The highest BCUT2D eigenvalue weighted by atomic mass is 79.9. The van der Waals surface area contributed by atoms with Crippen LogP contribution in [0.1, 0.15) is 28.8 Å². The highest BCUT2D eigenvalue weighted by molar-refractivity contribution is 9.12. The maximum absolute atomic E-state index is 13.0. The second-order valence-electron chi connectivity index (χ2n) is 9.35. The number of fused-ring (bicyclic) bond motifs is 1. The van der Waals surface area contributed by atoms with Crippen LogP contribution in [-0.4, -0.2) is 32.4 Å². The molecular weight excluding hydrogens is 636 g/mol. The van der Waals surface area contributed by atoms with E-state index < -0.39 is 10.9 Å². The number of amides is 2. The maximum atomic E-state index is 13.0. The normalized spacial score (nSPS) is 22.4. The second kappa shape index (κ2) is 11.3. The van der Waals surface area contributed by atoms with Crippen LogP contribution in [0.5, 0.6) is 11.5 Å². The van der Waals surface area contributed by atoms with E-state index >= 15 is 0 Å². The number of nitro groups is 1. The Bertz CT molecular complexity index is 1400. The van der Waals surface area contributed by atoms with Crippen LogP contribution in [0, 0.1) is 22.0 Å². The Kier molecular flexibility index (Phi) is 7.81. The first-order valence-electron chi connectivity index (χ1n) is 12.2. The van der Waals surface area contributed by atoms with E-state index in [-0.39, 0.29) is 51.2 Å². The van der Waals surface area contributed by atoms with Crippen molar-refractivity contribution in [1.29, 1.82) is 0 Å². The fraction of sp³-hybridized carbons (Fsp3) is 0.250. The van der Waals surface area contributed by atoms with Crippen LogP contribution in [-0.2, 0) is 20.9 Å². The van der Waals surface area contributed by atoms with Gasteiger partial charge < -0.3 is 9.47 Å². The highest BCUT2D eigenvalue weighted by Gasteiger charge is 2.52. The standard InChI is InChI=1S/C28H22Br2N2O7/c29-24-13-22-23(14-25(24)30)27(34)31(26(22)33)18-6-4-17(5-7-18)28(35)38-15-16-2-1-3-21(12-16)39-20-10-8-19(9-11-20)32(36)37/h1-12,22-25H,13-15H2/t22-,23-,24+,25+/m1/s1. The van der Waals surface area contributed by atoms with Gasteiger partial charge in [0.15, 0.2) is 0 Å². The summed E-state index contributed by atoms with van der Waals surface area (Å²) in [5.41, 5.74) is 1.37. The smallest absolute Gasteiger partial charge is 0.338 e. The van der Waals surface area contributed by atoms with Gasteiger partial charge in [-0.3, -0.25) is 24.6 Å². The zero-order chi connectivity index (χ0) is 27.7. The molecule has 3 aromatic rings. The highest BCUT2D eigenvalue weighted by Crippen LogP contribution is 2.44. The molecule has 2 amide bonds. The molecule has 0 spiro atoms. The van der Waals surface area contributed by atoms with E-state index in [1.54, 1.807) is 36.4 Å². The number of carbonyl (C=O) groups excluding carboxylic acids is 3. The van der Waals surface area contributed by atoms with Crippen molar-refractivity contribution in [1.82, 2.24) is 0 Å². The number of imide groups is 1. The number of anilines is 1. The van der Waals surface area contributed by atoms with Gasteiger partial charge in [0, 0.05) is 21.8 Å². The summed E-state index contributed by atoms with van der Waals surface area (Å²) in [6.45, 7) is -0.00801. The van der Waals surface area contributed by atoms with Gasteiger partial charge in [0.05, 0.1) is 28.0 Å². The van der Waals surface area contributed by atoms with Gasteiger partial charge in [0.2, 0.25) is 11.8 Å². The Labute approximate surface area is 240 Å². The van der Waals surface area contributed by atoms with Crippen LogP contribution in [0.25, 0.3) is 0 Å². The largest absolute Gasteiger partial charge is 0.457 e. The molecule has 0 bridgehead atoms. The Balaban J connectivity index is 1.20. The number of alkyl halides is 2. The quantitative estimate of drug-likeness (QED) is 0.0981. The minimum absolute atomic E-state index is 0.00801. The van der Waals surface area contributed by atoms with Gasteiger partial charge in [-0.1, -0.05) is 44.0 Å². The lowest BCUT2D eigenvalue weighted by atomic mass is 9.81. The number of benzene rings is 3. The van der Waals surface area contributed by atoms with Gasteiger partial charge in [0.25, 0.3) is 5.69 Å². The summed E-state index contributed by atoms with van der Waals surface area (Å²) in [5.74, 6) is -0.746. The zero-order valence-electron chi connectivity index (χ0n) is 20.4. The third kappa shape index (κ3) is 5.74. The first kappa shape index (κ1) is 27.0. The van der Waals surface area contributed by atoms with Crippen LogP contribution in [0.3, 0.4) is 0 Å². The monoisotopic (exact) mass is 656 g/mol. The second-order valence-corrected chi connectivity index (χ2v) is 11.7. The summed E-state index contributed by atoms with van der Waals surface area (Å²) in [7, 11) is 0. The predicted octanol–water partition coefficient (Wildman–Crippen LogP) is 6.17. The maximum Gasteiger partial charge on any atom is 0.338 e. The lowest BCUT2D eigenvalue weighted by Gasteiger charge is -2.29. The number of nitro benzene ring substituents is 1. The average Bonchev–Trinajstić information content (AvgIpc) is 3.16. The van der Waals surface area contributed by atoms with Crippen molar-refractivity contribution in [2.45, 2.75) is 29.1 Å². The number of rotatable bonds is 7. The number of halogens is 2. The van der Waals surface area contributed by atoms with Gasteiger partial charge in [-0.05, 0) is 66.9 Å². The minimum Gasteiger partial charge on any atom is -0.457 e. The van der Waals surface area contributed by atoms with E-state index in [0.717, 1.165) is 0 Å². The molecule has 2 aliphatic rings. The van der Waals surface area contributed by atoms with Crippen molar-refractivity contribution in [3.63, 3.8) is 0 Å². The summed E-state index contributed by atoms with van der Waals surface area (Å²) >= 11 is 7.18. The summed E-state index contributed by atoms with van der Waals surface area (Å²) in [6.07, 6.45) is 1.18. The molecular formula is C28H22Br2N2O7. The van der Waals surface area contributed by atoms with E-state index in [2.05, 4.69) is 31.9 Å². The Morgan fingerprint density at radius 1 is 0.897 bits per heavy atom. The Morgan fingerprint density at radius 2 is 1.51 bits per heavy atom. The Morgan fingerprint density at radius 3 is 2.10 bits per heavy atom. The number of hydrogen-bond donors (Lipinski definition) is 0. The lowest BCUT2D eigenvalue weighted by molar-refractivity contribution is -0.384. The van der Waals surface area contributed by atoms with Gasteiger partial charge in [-0.25, -0.2) is 4.79 Å². The molecule has 11 heteroatoms. The van der Waals surface area contributed by atoms with Crippen molar-refractivity contribution < 1.29 is 28.8 Å². The lowest BCUT2D eigenvalue weighted by Crippen LogP contribution is -2.34. The molecule has 3 aromatic carbocycles. The van der Waals surface area contributed by atoms with Crippen molar-refractivity contribution in [3.05, 3.63) is 94.0 Å². The number of carbonyl (C=O) groups is 3. The number of ether oxygens (including phenoxy) is 2. The summed E-state index contributed by atoms with van der Waals surface area (Å²) in [5, 5.41) is 10.8. The SMILES string of the molecule is O=C(OCc1cccc(Oc2ccc([N+](=O)[O-])cc2)c1)c1ccc(N2C(=O)[C@@H]3C[C@H](Br)[C@@H](Br)C[C@H]3C2=O)cc1. The van der Waals surface area contributed by atoms with E-state index in [9.17, 15) is 24.5 Å². The van der Waals surface area contributed by atoms with Crippen LogP contribution in [0.15, 0.2) is 72.8 Å². The van der Waals surface area contributed by atoms with Gasteiger partial charge in [-0.2, -0.15) is 0 Å². The van der Waals surface area contributed by atoms with Crippen LogP contribution in [0.4, 0.5) is 11.4 Å². The molecule has 0 aromatic heterocycles. The molecule has 5 rings (SSSR count). The minimum atomic E-state index is -0.555. The van der Waals surface area contributed by atoms with Gasteiger partial charge in [-0.15, -0.1) is 0 Å². The number of nitrogens with zero attached hydrogens (tertiary/aromatic N) is 2. The van der Waals surface area contributed by atoms with Crippen molar-refractivity contribution in [3.8, 4) is 11.5 Å². The summed E-state index contributed by atoms with van der Waals surface area (Å²) in [4.78, 5) is 50.5. The molecule has 1 aliphatic heterocycles. The molecule has 1 saturated heterocycles. The van der Waals surface area contributed by atoms with Crippen LogP contribution in [0.2, 0.25) is 0 Å². The van der Waals surface area contributed by atoms with E-state index in [1.807, 2.05) is 0 Å². The van der Waals surface area contributed by atoms with E-state index in [4.69, 9.17) is 9.47 Å². The molecule has 39 heavy (non-hydrogen) atoms. The predicted molar refractivity (Wildman–Crippen MR) is 149 cm³/mol. The third-order valence-electron chi connectivity index (χ3n) is 6.82. The molecule has 0 radical (unpaired) electrons. The molecule has 1 saturated carbocycles. The van der Waals surface area contributed by atoms with Crippen LogP contribution < -0.4 is 9.64 Å². The summed E-state index contributed by atoms with van der Waals surface area (Å²) < 4.78 is 11.2. The topological polar surface area (TPSA) is 116 Å². The Hall–Kier alpha value is -3.57. The van der Waals surface area contributed by atoms with Crippen LogP contribution >= 0.6 is 31.9 Å². The molecule has 9 nitrogen and oxygen atoms in total. The summed E-state index contributed by atoms with van der Waals surface area (Å²) in [6, 6.07) is 18.9. The van der Waals surface area contributed by atoms with Gasteiger partial charge >= 0.3 is 5.97 Å². The number of non-ortho nitro benzene ring substituents is 1. The van der Waals surface area contributed by atoms with Gasteiger partial charge in [0.1, 0.15) is 18.1 Å².